The fourth-order valence-electron chi connectivity index (χ4n) is 2.83. The summed E-state index contributed by atoms with van der Waals surface area (Å²) in [6.07, 6.45) is 0.829. The van der Waals surface area contributed by atoms with E-state index in [4.69, 9.17) is 9.47 Å². The lowest BCUT2D eigenvalue weighted by atomic mass is 10.1. The van der Waals surface area contributed by atoms with Gasteiger partial charge >= 0.3 is 0 Å². The van der Waals surface area contributed by atoms with Crippen LogP contribution in [-0.4, -0.2) is 31.5 Å². The van der Waals surface area contributed by atoms with Gasteiger partial charge in [-0.3, -0.25) is 5.01 Å². The van der Waals surface area contributed by atoms with Crippen molar-refractivity contribution in [1.82, 2.24) is 5.01 Å². The Hall–Kier alpha value is -3.00. The molecule has 0 radical (unpaired) electrons. The molecule has 5 heteroatoms. The summed E-state index contributed by atoms with van der Waals surface area (Å²) < 4.78 is 10.6. The predicted molar refractivity (Wildman–Crippen MR) is 92.2 cm³/mol. The first kappa shape index (κ1) is 15.9. The molecule has 0 aromatic heterocycles. The molecule has 0 amide bonds. The van der Waals surface area contributed by atoms with Crippen molar-refractivity contribution in [2.45, 2.75) is 12.5 Å². The summed E-state index contributed by atoms with van der Waals surface area (Å²) in [6.45, 7) is 0.719. The second kappa shape index (κ2) is 7.05. The van der Waals surface area contributed by atoms with Crippen molar-refractivity contribution in [1.29, 1.82) is 5.26 Å². The van der Waals surface area contributed by atoms with Crippen molar-refractivity contribution < 1.29 is 9.47 Å². The minimum Gasteiger partial charge on any atom is -0.493 e. The highest BCUT2D eigenvalue weighted by Gasteiger charge is 2.25. The molecule has 1 heterocycles. The van der Waals surface area contributed by atoms with Crippen molar-refractivity contribution in [2.75, 3.05) is 20.8 Å². The molecule has 24 heavy (non-hydrogen) atoms. The van der Waals surface area contributed by atoms with Gasteiger partial charge < -0.3 is 9.47 Å². The predicted octanol–water partition coefficient (Wildman–Crippen LogP) is 3.38. The maximum atomic E-state index is 9.65. The Morgan fingerprint density at radius 1 is 1.08 bits per heavy atom. The Bertz CT molecular complexity index is 781. The van der Waals surface area contributed by atoms with Crippen LogP contribution in [0.5, 0.6) is 11.5 Å². The van der Waals surface area contributed by atoms with Gasteiger partial charge in [0.05, 0.1) is 26.0 Å². The molecule has 0 saturated carbocycles. The van der Waals surface area contributed by atoms with E-state index < -0.39 is 6.04 Å². The quantitative estimate of drug-likeness (QED) is 0.847. The summed E-state index contributed by atoms with van der Waals surface area (Å²) in [6, 6.07) is 17.5. The van der Waals surface area contributed by atoms with Crippen LogP contribution in [0.3, 0.4) is 0 Å². The first-order valence-electron chi connectivity index (χ1n) is 7.78. The lowest BCUT2D eigenvalue weighted by Crippen LogP contribution is -2.20. The van der Waals surface area contributed by atoms with Crippen molar-refractivity contribution in [3.8, 4) is 17.6 Å². The van der Waals surface area contributed by atoms with Gasteiger partial charge in [0.2, 0.25) is 0 Å². The number of hydrogen-bond donors (Lipinski definition) is 0. The van der Waals surface area contributed by atoms with Crippen molar-refractivity contribution in [3.63, 3.8) is 0 Å². The maximum absolute atomic E-state index is 9.65. The molecule has 1 atom stereocenters. The lowest BCUT2D eigenvalue weighted by molar-refractivity contribution is 0.273. The van der Waals surface area contributed by atoms with E-state index in [1.807, 2.05) is 53.5 Å². The van der Waals surface area contributed by atoms with Gasteiger partial charge in [-0.25, -0.2) is 0 Å². The zero-order valence-corrected chi connectivity index (χ0v) is 13.8. The molecular formula is C19H19N3O2. The monoisotopic (exact) mass is 321 g/mol. The summed E-state index contributed by atoms with van der Waals surface area (Å²) in [4.78, 5) is 0. The minimum absolute atomic E-state index is 0.453. The standard InChI is InChI=1S/C19H19N3O2/c1-23-18-9-8-15(12-19(18)24-2)17(13-20)22-11-10-16(21-22)14-6-4-3-5-7-14/h3-9,12,17H,10-11H2,1-2H3/t17-/m1/s1. The number of rotatable bonds is 5. The molecule has 2 aromatic carbocycles. The largest absolute Gasteiger partial charge is 0.493 e. The topological polar surface area (TPSA) is 57.8 Å². The number of nitriles is 1. The molecule has 1 aliphatic heterocycles. The van der Waals surface area contributed by atoms with E-state index in [9.17, 15) is 5.26 Å². The number of ether oxygens (including phenoxy) is 2. The van der Waals surface area contributed by atoms with E-state index in [2.05, 4.69) is 11.2 Å². The maximum Gasteiger partial charge on any atom is 0.161 e. The second-order valence-corrected chi connectivity index (χ2v) is 5.47. The molecular weight excluding hydrogens is 302 g/mol. The lowest BCUT2D eigenvalue weighted by Gasteiger charge is -2.21. The van der Waals surface area contributed by atoms with Gasteiger partial charge in [0.15, 0.2) is 17.5 Å². The number of nitrogens with zero attached hydrogens (tertiary/aromatic N) is 3. The summed E-state index contributed by atoms with van der Waals surface area (Å²) in [5.74, 6) is 1.26. The Morgan fingerprint density at radius 2 is 1.83 bits per heavy atom. The molecule has 122 valence electrons. The highest BCUT2D eigenvalue weighted by molar-refractivity contribution is 6.01. The third-order valence-corrected chi connectivity index (χ3v) is 4.08. The molecule has 0 N–H and O–H groups in total. The molecule has 0 fully saturated rings. The smallest absolute Gasteiger partial charge is 0.161 e. The fraction of sp³-hybridized carbons (Fsp3) is 0.263. The van der Waals surface area contributed by atoms with E-state index in [-0.39, 0.29) is 0 Å². The van der Waals surface area contributed by atoms with Gasteiger partial charge in [0.25, 0.3) is 0 Å². The van der Waals surface area contributed by atoms with Crippen LogP contribution in [0.4, 0.5) is 0 Å². The highest BCUT2D eigenvalue weighted by Crippen LogP contribution is 2.33. The van der Waals surface area contributed by atoms with Crippen LogP contribution < -0.4 is 9.47 Å². The summed E-state index contributed by atoms with van der Waals surface area (Å²) in [5, 5.41) is 16.2. The van der Waals surface area contributed by atoms with Gasteiger partial charge in [-0.1, -0.05) is 36.4 Å². The third-order valence-electron chi connectivity index (χ3n) is 4.08. The summed E-state index contributed by atoms with van der Waals surface area (Å²) in [5.41, 5.74) is 2.95. The van der Waals surface area contributed by atoms with Gasteiger partial charge in [-0.05, 0) is 23.3 Å². The summed E-state index contributed by atoms with van der Waals surface area (Å²) >= 11 is 0. The molecule has 0 spiro atoms. The first-order chi connectivity index (χ1) is 11.8. The Morgan fingerprint density at radius 3 is 2.50 bits per heavy atom. The number of methoxy groups -OCH3 is 2. The number of hydrazone groups is 1. The Labute approximate surface area is 141 Å². The Kier molecular flexibility index (Phi) is 4.66. The molecule has 0 unspecified atom stereocenters. The van der Waals surface area contributed by atoms with Crippen molar-refractivity contribution >= 4 is 5.71 Å². The minimum atomic E-state index is -0.453. The van der Waals surface area contributed by atoms with E-state index in [0.717, 1.165) is 29.8 Å². The molecule has 0 bridgehead atoms. The van der Waals surface area contributed by atoms with Crippen LogP contribution in [-0.2, 0) is 0 Å². The van der Waals surface area contributed by atoms with Crippen LogP contribution in [0.15, 0.2) is 53.6 Å². The molecule has 0 aliphatic carbocycles. The second-order valence-electron chi connectivity index (χ2n) is 5.47. The molecule has 3 rings (SSSR count). The Balaban J connectivity index is 1.88. The molecule has 5 nitrogen and oxygen atoms in total. The SMILES string of the molecule is COc1ccc([C@@H](C#N)N2CCC(c3ccccc3)=N2)cc1OC. The van der Waals surface area contributed by atoms with E-state index in [1.165, 1.54) is 0 Å². The fourth-order valence-corrected chi connectivity index (χ4v) is 2.83. The number of benzene rings is 2. The van der Waals surface area contributed by atoms with E-state index >= 15 is 0 Å². The van der Waals surface area contributed by atoms with Crippen LogP contribution >= 0.6 is 0 Å². The van der Waals surface area contributed by atoms with Gasteiger partial charge in [-0.15, -0.1) is 0 Å². The van der Waals surface area contributed by atoms with Crippen LogP contribution in [0.25, 0.3) is 0 Å². The average Bonchev–Trinajstić information content (AvgIpc) is 3.12. The third kappa shape index (κ3) is 3.04. The summed E-state index contributed by atoms with van der Waals surface area (Å²) in [7, 11) is 3.18. The van der Waals surface area contributed by atoms with Gasteiger partial charge in [0.1, 0.15) is 0 Å². The molecule has 1 aliphatic rings. The van der Waals surface area contributed by atoms with Gasteiger partial charge in [0, 0.05) is 13.0 Å². The van der Waals surface area contributed by atoms with Crippen LogP contribution in [0, 0.1) is 11.3 Å². The van der Waals surface area contributed by atoms with Crippen LogP contribution in [0.2, 0.25) is 0 Å². The zero-order valence-electron chi connectivity index (χ0n) is 13.8. The highest BCUT2D eigenvalue weighted by atomic mass is 16.5. The van der Waals surface area contributed by atoms with E-state index in [0.29, 0.717) is 11.5 Å². The normalized spacial score (nSPS) is 14.7. The van der Waals surface area contributed by atoms with Crippen molar-refractivity contribution in [3.05, 3.63) is 59.7 Å². The number of hydrogen-bond acceptors (Lipinski definition) is 5. The van der Waals surface area contributed by atoms with E-state index in [1.54, 1.807) is 14.2 Å². The van der Waals surface area contributed by atoms with Gasteiger partial charge in [-0.2, -0.15) is 10.4 Å². The van der Waals surface area contributed by atoms with Crippen LogP contribution in [0.1, 0.15) is 23.6 Å². The van der Waals surface area contributed by atoms with Crippen molar-refractivity contribution in [2.24, 2.45) is 5.10 Å². The first-order valence-corrected chi connectivity index (χ1v) is 7.78. The average molecular weight is 321 g/mol. The zero-order chi connectivity index (χ0) is 16.9. The molecule has 0 saturated heterocycles. The molecule has 2 aromatic rings.